The van der Waals surface area contributed by atoms with Crippen LogP contribution in [0.1, 0.15) is 114 Å². The van der Waals surface area contributed by atoms with E-state index in [1.54, 1.807) is 52.6 Å². The standard InChI is InChI=1S/C51H59N9O6/c1-50(2,3)65-48(63)57-42(34-15-9-7-10-16-34)46(61)59-27-13-19-40(59)44-53-30-38(55-44)33-23-21-32(22-24-33)37-26-25-36(29-52-37)39-31-54-45(56-39)41-20-14-28-60(41)47(62)43(35-17-11-8-12-18-35)58-49(64)66-51(4,5)6/h7-12,15-18,21-26,29-30,39-43H,13-14,19-20,27-28,31H2,1-6H3,(H,53,55)(H,54,56)(H,57,63)(H,58,64)/t39?,40-,41-,42+,43+/m0/s1. The minimum Gasteiger partial charge on any atom is -0.444 e. The molecule has 8 rings (SSSR count). The molecule has 2 saturated heterocycles. The highest BCUT2D eigenvalue weighted by Gasteiger charge is 2.40. The number of aliphatic imine (C=N–C) groups is 1. The Morgan fingerprint density at radius 2 is 1.18 bits per heavy atom. The average Bonchev–Trinajstić information content (AvgIpc) is 4.14. The van der Waals surface area contributed by atoms with Gasteiger partial charge in [0.05, 0.1) is 42.3 Å². The first-order valence-corrected chi connectivity index (χ1v) is 22.7. The molecule has 3 aromatic carbocycles. The van der Waals surface area contributed by atoms with E-state index in [9.17, 15) is 19.2 Å². The number of rotatable bonds is 11. The number of aromatic nitrogens is 3. The molecule has 0 saturated carbocycles. The van der Waals surface area contributed by atoms with Crippen LogP contribution in [0, 0.1) is 0 Å². The number of hydrogen-bond acceptors (Lipinski definition) is 10. The van der Waals surface area contributed by atoms with E-state index in [4.69, 9.17) is 24.4 Å². The van der Waals surface area contributed by atoms with Gasteiger partial charge in [-0.1, -0.05) is 91.0 Å². The molecule has 4 N–H and O–H groups in total. The quantitative estimate of drug-likeness (QED) is 0.101. The molecule has 15 heteroatoms. The number of ether oxygens (including phenoxy) is 2. The van der Waals surface area contributed by atoms with Crippen LogP contribution in [0.25, 0.3) is 22.5 Å². The number of alkyl carbamates (subject to hydrolysis) is 2. The summed E-state index contributed by atoms with van der Waals surface area (Å²) < 4.78 is 11.0. The predicted molar refractivity (Wildman–Crippen MR) is 251 cm³/mol. The Kier molecular flexibility index (Phi) is 13.3. The van der Waals surface area contributed by atoms with Crippen LogP contribution in [-0.4, -0.2) is 91.5 Å². The summed E-state index contributed by atoms with van der Waals surface area (Å²) in [6.07, 6.45) is 5.47. The van der Waals surface area contributed by atoms with Crippen LogP contribution in [0.4, 0.5) is 9.59 Å². The fraction of sp³-hybridized carbons (Fsp3) is 0.392. The topological polar surface area (TPSA) is 183 Å². The van der Waals surface area contributed by atoms with Crippen LogP contribution >= 0.6 is 0 Å². The molecule has 5 heterocycles. The second kappa shape index (κ2) is 19.2. The van der Waals surface area contributed by atoms with Gasteiger partial charge in [-0.05, 0) is 95.5 Å². The Morgan fingerprint density at radius 3 is 1.71 bits per heavy atom. The van der Waals surface area contributed by atoms with E-state index >= 15 is 0 Å². The van der Waals surface area contributed by atoms with Crippen molar-refractivity contribution in [2.75, 3.05) is 19.6 Å². The number of amidine groups is 1. The number of aromatic amines is 1. The van der Waals surface area contributed by atoms with E-state index in [0.717, 1.165) is 59.6 Å². The zero-order chi connectivity index (χ0) is 46.6. The molecule has 0 radical (unpaired) electrons. The zero-order valence-corrected chi connectivity index (χ0v) is 38.4. The third kappa shape index (κ3) is 10.7. The molecule has 66 heavy (non-hydrogen) atoms. The number of amides is 4. The number of carbonyl (C=O) groups excluding carboxylic acids is 4. The Bertz CT molecular complexity index is 2530. The van der Waals surface area contributed by atoms with Gasteiger partial charge in [-0.2, -0.15) is 0 Å². The minimum atomic E-state index is -0.914. The molecule has 344 valence electrons. The fourth-order valence-electron chi connectivity index (χ4n) is 8.78. The van der Waals surface area contributed by atoms with Gasteiger partial charge in [0.15, 0.2) is 0 Å². The van der Waals surface area contributed by atoms with Gasteiger partial charge in [-0.15, -0.1) is 0 Å². The number of hydrogen-bond donors (Lipinski definition) is 4. The molecule has 5 atom stereocenters. The molecule has 0 aliphatic carbocycles. The second-order valence-corrected chi connectivity index (χ2v) is 19.0. The molecule has 1 unspecified atom stereocenters. The molecule has 2 fully saturated rings. The Morgan fingerprint density at radius 1 is 0.652 bits per heavy atom. The molecule has 15 nitrogen and oxygen atoms in total. The van der Waals surface area contributed by atoms with Gasteiger partial charge in [0.25, 0.3) is 11.8 Å². The van der Waals surface area contributed by atoms with Gasteiger partial charge in [0.1, 0.15) is 34.9 Å². The van der Waals surface area contributed by atoms with Crippen molar-refractivity contribution in [2.24, 2.45) is 4.99 Å². The number of imidazole rings is 1. The van der Waals surface area contributed by atoms with E-state index in [1.165, 1.54) is 0 Å². The number of carbonyl (C=O) groups is 4. The van der Waals surface area contributed by atoms with Crippen molar-refractivity contribution >= 4 is 29.8 Å². The molecule has 4 amide bonds. The number of nitrogens with one attached hydrogen (secondary N) is 4. The Hall–Kier alpha value is -7.03. The van der Waals surface area contributed by atoms with Gasteiger partial charge in [0.2, 0.25) is 0 Å². The maximum atomic E-state index is 14.2. The fourth-order valence-corrected chi connectivity index (χ4v) is 8.78. The lowest BCUT2D eigenvalue weighted by molar-refractivity contribution is -0.135. The number of benzene rings is 3. The number of pyridine rings is 1. The smallest absolute Gasteiger partial charge is 0.408 e. The van der Waals surface area contributed by atoms with Gasteiger partial charge in [0, 0.05) is 24.8 Å². The van der Waals surface area contributed by atoms with Crippen LogP contribution in [0.15, 0.2) is 114 Å². The van der Waals surface area contributed by atoms with Crippen molar-refractivity contribution in [3.63, 3.8) is 0 Å². The predicted octanol–water partition coefficient (Wildman–Crippen LogP) is 8.37. The van der Waals surface area contributed by atoms with E-state index in [-0.39, 0.29) is 29.9 Å². The third-order valence-electron chi connectivity index (χ3n) is 11.8. The van der Waals surface area contributed by atoms with E-state index in [1.807, 2.05) is 102 Å². The Balaban J connectivity index is 0.894. The van der Waals surface area contributed by atoms with Crippen LogP contribution in [0.3, 0.4) is 0 Å². The molecule has 3 aliphatic rings. The van der Waals surface area contributed by atoms with Gasteiger partial charge >= 0.3 is 12.2 Å². The van der Waals surface area contributed by atoms with Crippen molar-refractivity contribution in [1.82, 2.24) is 40.7 Å². The van der Waals surface area contributed by atoms with Gasteiger partial charge in [-0.25, -0.2) is 14.6 Å². The largest absolute Gasteiger partial charge is 0.444 e. The summed E-state index contributed by atoms with van der Waals surface area (Å²) in [7, 11) is 0. The lowest BCUT2D eigenvalue weighted by atomic mass is 10.0. The van der Waals surface area contributed by atoms with Crippen molar-refractivity contribution in [2.45, 2.75) is 109 Å². The SMILES string of the molecule is CC(C)(C)OC(=O)N[C@@H](C(=O)N1CCC[C@H]1C1=NCC(c2ccc(-c3ccc(-c4cnc([C@@H]5CCCN5C(=O)[C@H](NC(=O)OC(C)(C)C)c5ccccc5)[nH]4)cc3)nc2)N1)c1ccccc1. The maximum Gasteiger partial charge on any atom is 0.408 e. The molecule has 5 aromatic rings. The molecule has 2 aromatic heterocycles. The van der Waals surface area contributed by atoms with Gasteiger partial charge < -0.3 is 40.2 Å². The summed E-state index contributed by atoms with van der Waals surface area (Å²) in [5, 5.41) is 9.22. The highest BCUT2D eigenvalue weighted by molar-refractivity contribution is 5.96. The average molecular weight is 894 g/mol. The summed E-state index contributed by atoms with van der Waals surface area (Å²) in [4.78, 5) is 75.6. The number of nitrogens with zero attached hydrogens (tertiary/aromatic N) is 5. The molecule has 0 spiro atoms. The summed E-state index contributed by atoms with van der Waals surface area (Å²) in [6.45, 7) is 12.3. The number of likely N-dealkylation sites (tertiary alicyclic amines) is 2. The normalized spacial score (nSPS) is 19.4. The van der Waals surface area contributed by atoms with Crippen LogP contribution < -0.4 is 16.0 Å². The second-order valence-electron chi connectivity index (χ2n) is 19.0. The van der Waals surface area contributed by atoms with Crippen molar-refractivity contribution in [3.05, 3.63) is 132 Å². The third-order valence-corrected chi connectivity index (χ3v) is 11.8. The summed E-state index contributed by atoms with van der Waals surface area (Å²) in [6, 6.07) is 28.2. The molecule has 0 bridgehead atoms. The van der Waals surface area contributed by atoms with Crippen molar-refractivity contribution in [3.8, 4) is 22.5 Å². The van der Waals surface area contributed by atoms with Crippen molar-refractivity contribution < 1.29 is 28.7 Å². The first kappa shape index (κ1) is 45.5. The summed E-state index contributed by atoms with van der Waals surface area (Å²) >= 11 is 0. The highest BCUT2D eigenvalue weighted by atomic mass is 16.6. The lowest BCUT2D eigenvalue weighted by Gasteiger charge is -2.30. The number of H-pyrrole nitrogens is 1. The van der Waals surface area contributed by atoms with E-state index < -0.39 is 35.5 Å². The van der Waals surface area contributed by atoms with Crippen LogP contribution in [0.2, 0.25) is 0 Å². The summed E-state index contributed by atoms with van der Waals surface area (Å²) in [5.74, 6) is 1.02. The van der Waals surface area contributed by atoms with E-state index in [2.05, 4.69) is 27.0 Å². The van der Waals surface area contributed by atoms with Crippen LogP contribution in [-0.2, 0) is 19.1 Å². The molecular weight excluding hydrogens is 835 g/mol. The Labute approximate surface area is 385 Å². The first-order chi connectivity index (χ1) is 31.6. The minimum absolute atomic E-state index is 0.0996. The molecule has 3 aliphatic heterocycles. The van der Waals surface area contributed by atoms with Crippen molar-refractivity contribution in [1.29, 1.82) is 0 Å². The van der Waals surface area contributed by atoms with Crippen LogP contribution in [0.5, 0.6) is 0 Å². The summed E-state index contributed by atoms with van der Waals surface area (Å²) in [5.41, 5.74) is 4.45. The molecular formula is C51H59N9O6. The monoisotopic (exact) mass is 893 g/mol. The first-order valence-electron chi connectivity index (χ1n) is 22.7. The van der Waals surface area contributed by atoms with E-state index in [0.29, 0.717) is 36.6 Å². The van der Waals surface area contributed by atoms with Gasteiger partial charge in [-0.3, -0.25) is 19.6 Å². The lowest BCUT2D eigenvalue weighted by Crippen LogP contribution is -2.50. The zero-order valence-electron chi connectivity index (χ0n) is 38.4. The highest BCUT2D eigenvalue weighted by Crippen LogP contribution is 2.35. The maximum absolute atomic E-state index is 14.2.